The zero-order chi connectivity index (χ0) is 26.3. The van der Waals surface area contributed by atoms with Crippen LogP contribution in [0.1, 0.15) is 47.1 Å². The van der Waals surface area contributed by atoms with Crippen LogP contribution in [0.2, 0.25) is 0 Å². The molecular formula is C27H32N4O4S. The van der Waals surface area contributed by atoms with Gasteiger partial charge in [-0.25, -0.2) is 14.6 Å². The van der Waals surface area contributed by atoms with Crippen LogP contribution in [0.5, 0.6) is 0 Å². The monoisotopic (exact) mass is 508 g/mol. The molecule has 8 nitrogen and oxygen atoms in total. The van der Waals surface area contributed by atoms with E-state index < -0.39 is 23.4 Å². The van der Waals surface area contributed by atoms with E-state index in [-0.39, 0.29) is 12.5 Å². The van der Waals surface area contributed by atoms with Crippen LogP contribution >= 0.6 is 11.3 Å². The maximum Gasteiger partial charge on any atom is 0.414 e. The summed E-state index contributed by atoms with van der Waals surface area (Å²) in [6.07, 6.45) is 0.395. The Morgan fingerprint density at radius 3 is 1.97 bits per heavy atom. The minimum Gasteiger partial charge on any atom is -0.444 e. The standard InChI is InChI=1S/C27H32N4O4S/c1-26(2,3)34-24(32)30-23(31-25(33)35-27(4,5)6)29-15-18-8-7-9-21(14-18)19-10-12-20(13-11-19)22-16-28-17-36-22/h7-14,16-17H,15H2,1-6H3,(H2,29,30,31,32,33). The number of alkyl carbamates (subject to hydrolysis) is 2. The lowest BCUT2D eigenvalue weighted by molar-refractivity contribution is 0.0545. The molecule has 0 aliphatic carbocycles. The molecule has 1 aromatic heterocycles. The zero-order valence-corrected chi connectivity index (χ0v) is 22.2. The maximum atomic E-state index is 12.3. The molecule has 0 saturated carbocycles. The van der Waals surface area contributed by atoms with Gasteiger partial charge in [0.05, 0.1) is 16.9 Å². The third-order valence-corrected chi connectivity index (χ3v) is 5.34. The largest absolute Gasteiger partial charge is 0.444 e. The minimum atomic E-state index is -0.730. The predicted octanol–water partition coefficient (Wildman–Crippen LogP) is 6.38. The highest BCUT2D eigenvalue weighted by Gasteiger charge is 2.21. The van der Waals surface area contributed by atoms with E-state index in [0.717, 1.165) is 27.1 Å². The number of amides is 2. The van der Waals surface area contributed by atoms with Gasteiger partial charge in [0.25, 0.3) is 0 Å². The number of hydrogen-bond acceptors (Lipinski definition) is 7. The molecule has 0 spiro atoms. The van der Waals surface area contributed by atoms with Gasteiger partial charge in [0.2, 0.25) is 5.96 Å². The molecule has 1 heterocycles. The number of nitrogens with zero attached hydrogens (tertiary/aromatic N) is 2. The van der Waals surface area contributed by atoms with E-state index in [2.05, 4.69) is 44.9 Å². The van der Waals surface area contributed by atoms with Crippen molar-refractivity contribution in [2.45, 2.75) is 59.3 Å². The van der Waals surface area contributed by atoms with Crippen molar-refractivity contribution >= 4 is 29.5 Å². The van der Waals surface area contributed by atoms with Gasteiger partial charge < -0.3 is 9.47 Å². The Morgan fingerprint density at radius 2 is 1.44 bits per heavy atom. The summed E-state index contributed by atoms with van der Waals surface area (Å²) in [6.45, 7) is 10.7. The van der Waals surface area contributed by atoms with Gasteiger partial charge in [0.1, 0.15) is 11.2 Å². The molecule has 3 rings (SSSR count). The first-order valence-electron chi connectivity index (χ1n) is 11.5. The SMILES string of the molecule is CC(C)(C)OC(=O)NC(=NCc1cccc(-c2ccc(-c3cncs3)cc2)c1)NC(=O)OC(C)(C)C. The van der Waals surface area contributed by atoms with Crippen molar-refractivity contribution < 1.29 is 19.1 Å². The van der Waals surface area contributed by atoms with E-state index in [1.165, 1.54) is 0 Å². The van der Waals surface area contributed by atoms with Crippen LogP contribution in [-0.2, 0) is 16.0 Å². The number of nitrogens with one attached hydrogen (secondary N) is 2. The number of carbonyl (C=O) groups excluding carboxylic acids is 2. The Labute approximate surface area is 215 Å². The average molecular weight is 509 g/mol. The van der Waals surface area contributed by atoms with Gasteiger partial charge in [-0.15, -0.1) is 11.3 Å². The van der Waals surface area contributed by atoms with Crippen molar-refractivity contribution in [1.82, 2.24) is 15.6 Å². The molecule has 36 heavy (non-hydrogen) atoms. The van der Waals surface area contributed by atoms with Crippen LogP contribution in [0.4, 0.5) is 9.59 Å². The van der Waals surface area contributed by atoms with E-state index in [0.29, 0.717) is 0 Å². The molecule has 0 bridgehead atoms. The number of benzene rings is 2. The van der Waals surface area contributed by atoms with Gasteiger partial charge in [-0.2, -0.15) is 0 Å². The summed E-state index contributed by atoms with van der Waals surface area (Å²) >= 11 is 1.60. The fourth-order valence-electron chi connectivity index (χ4n) is 3.12. The topological polar surface area (TPSA) is 102 Å². The van der Waals surface area contributed by atoms with Gasteiger partial charge in [-0.1, -0.05) is 42.5 Å². The van der Waals surface area contributed by atoms with Crippen LogP contribution in [0.25, 0.3) is 21.6 Å². The second kappa shape index (κ2) is 11.3. The van der Waals surface area contributed by atoms with E-state index in [4.69, 9.17) is 9.47 Å². The Balaban J connectivity index is 1.76. The van der Waals surface area contributed by atoms with Crippen LogP contribution in [0.15, 0.2) is 65.2 Å². The Morgan fingerprint density at radius 1 is 0.861 bits per heavy atom. The quantitative estimate of drug-likeness (QED) is 0.314. The number of aromatic nitrogens is 1. The molecule has 190 valence electrons. The molecule has 0 atom stereocenters. The lowest BCUT2D eigenvalue weighted by atomic mass is 10.0. The molecule has 0 fully saturated rings. The van der Waals surface area contributed by atoms with E-state index >= 15 is 0 Å². The van der Waals surface area contributed by atoms with Gasteiger partial charge in [-0.05, 0) is 69.9 Å². The molecule has 0 aliphatic heterocycles. The smallest absolute Gasteiger partial charge is 0.414 e. The number of ether oxygens (including phenoxy) is 2. The molecule has 0 radical (unpaired) electrons. The fraction of sp³-hybridized carbons (Fsp3) is 0.333. The molecule has 3 aromatic rings. The van der Waals surface area contributed by atoms with Gasteiger partial charge >= 0.3 is 12.2 Å². The number of thiazole rings is 1. The molecule has 0 unspecified atom stereocenters. The zero-order valence-electron chi connectivity index (χ0n) is 21.4. The molecule has 0 saturated heterocycles. The second-order valence-corrected chi connectivity index (χ2v) is 10.9. The highest BCUT2D eigenvalue weighted by Crippen LogP contribution is 2.27. The lowest BCUT2D eigenvalue weighted by Crippen LogP contribution is -2.47. The Kier molecular flexibility index (Phi) is 8.47. The van der Waals surface area contributed by atoms with Crippen molar-refractivity contribution in [2.24, 2.45) is 4.99 Å². The Bertz CT molecular complexity index is 1180. The molecule has 0 aliphatic rings. The summed E-state index contributed by atoms with van der Waals surface area (Å²) in [5.41, 5.74) is 4.52. The number of aliphatic imine (C=N–C) groups is 1. The predicted molar refractivity (Wildman–Crippen MR) is 143 cm³/mol. The van der Waals surface area contributed by atoms with Crippen LogP contribution in [-0.4, -0.2) is 34.3 Å². The first kappa shape index (κ1) is 26.9. The number of hydrogen-bond donors (Lipinski definition) is 2. The van der Waals surface area contributed by atoms with E-state index in [9.17, 15) is 9.59 Å². The van der Waals surface area contributed by atoms with Crippen molar-refractivity contribution in [3.63, 3.8) is 0 Å². The Hall–Kier alpha value is -3.72. The lowest BCUT2D eigenvalue weighted by Gasteiger charge is -2.22. The van der Waals surface area contributed by atoms with Crippen molar-refractivity contribution in [3.05, 3.63) is 65.8 Å². The van der Waals surface area contributed by atoms with Gasteiger partial charge in [0.15, 0.2) is 0 Å². The summed E-state index contributed by atoms with van der Waals surface area (Å²) in [7, 11) is 0. The minimum absolute atomic E-state index is 0.0576. The van der Waals surface area contributed by atoms with Crippen molar-refractivity contribution in [1.29, 1.82) is 0 Å². The number of rotatable bonds is 4. The van der Waals surface area contributed by atoms with Crippen molar-refractivity contribution in [3.8, 4) is 21.6 Å². The molecule has 2 aromatic carbocycles. The third kappa shape index (κ3) is 8.81. The maximum absolute atomic E-state index is 12.3. The molecule has 2 N–H and O–H groups in total. The van der Waals surface area contributed by atoms with Gasteiger partial charge in [-0.3, -0.25) is 15.6 Å². The highest BCUT2D eigenvalue weighted by molar-refractivity contribution is 7.13. The van der Waals surface area contributed by atoms with E-state index in [1.807, 2.05) is 36.0 Å². The summed E-state index contributed by atoms with van der Waals surface area (Å²) < 4.78 is 10.6. The number of carbonyl (C=O) groups is 2. The first-order chi connectivity index (χ1) is 16.9. The summed E-state index contributed by atoms with van der Waals surface area (Å²) in [4.78, 5) is 34.2. The molecular weight excluding hydrogens is 476 g/mol. The molecule has 2 amide bonds. The van der Waals surface area contributed by atoms with Gasteiger partial charge in [0, 0.05) is 6.20 Å². The summed E-state index contributed by atoms with van der Waals surface area (Å²) in [6, 6.07) is 16.2. The normalized spacial score (nSPS) is 11.4. The third-order valence-electron chi connectivity index (χ3n) is 4.52. The average Bonchev–Trinajstić information content (AvgIpc) is 3.30. The highest BCUT2D eigenvalue weighted by atomic mass is 32.1. The summed E-state index contributed by atoms with van der Waals surface area (Å²) in [5.74, 6) is -0.0576. The van der Waals surface area contributed by atoms with E-state index in [1.54, 1.807) is 52.9 Å². The number of guanidine groups is 1. The van der Waals surface area contributed by atoms with Crippen LogP contribution in [0.3, 0.4) is 0 Å². The van der Waals surface area contributed by atoms with Crippen LogP contribution < -0.4 is 10.6 Å². The summed E-state index contributed by atoms with van der Waals surface area (Å²) in [5, 5.41) is 5.00. The fourth-order valence-corrected chi connectivity index (χ4v) is 3.74. The molecule has 9 heteroatoms. The first-order valence-corrected chi connectivity index (χ1v) is 12.4. The van der Waals surface area contributed by atoms with Crippen LogP contribution in [0, 0.1) is 0 Å². The van der Waals surface area contributed by atoms with Crippen molar-refractivity contribution in [2.75, 3.05) is 0 Å². The second-order valence-electron chi connectivity index (χ2n) is 10.1.